The standard InChI is InChI=1S/C16H24FNO/c1-15(2,3)11-16(4,5)18-14(19)10-12-7-6-8-13(17)9-12/h6-9H,10-11H2,1-5H3,(H,18,19). The molecule has 0 spiro atoms. The molecular weight excluding hydrogens is 241 g/mol. The summed E-state index contributed by atoms with van der Waals surface area (Å²) in [6.07, 6.45) is 1.10. The van der Waals surface area contributed by atoms with Crippen LogP contribution in [0.25, 0.3) is 0 Å². The first-order chi connectivity index (χ1) is 8.57. The molecule has 1 N–H and O–H groups in total. The fraction of sp³-hybridized carbons (Fsp3) is 0.562. The fourth-order valence-corrected chi connectivity index (χ4v) is 2.62. The molecule has 1 aromatic carbocycles. The van der Waals surface area contributed by atoms with Crippen LogP contribution in [0.15, 0.2) is 24.3 Å². The van der Waals surface area contributed by atoms with E-state index in [0.29, 0.717) is 5.56 Å². The predicted octanol–water partition coefficient (Wildman–Crippen LogP) is 3.70. The van der Waals surface area contributed by atoms with Gasteiger partial charge < -0.3 is 5.32 Å². The number of nitrogens with one attached hydrogen (secondary N) is 1. The first-order valence-electron chi connectivity index (χ1n) is 6.63. The molecule has 3 heteroatoms. The number of carbonyl (C=O) groups is 1. The van der Waals surface area contributed by atoms with Crippen LogP contribution in [0.3, 0.4) is 0 Å². The minimum Gasteiger partial charge on any atom is -0.351 e. The van der Waals surface area contributed by atoms with Crippen molar-refractivity contribution in [3.05, 3.63) is 35.6 Å². The van der Waals surface area contributed by atoms with E-state index < -0.39 is 0 Å². The van der Waals surface area contributed by atoms with E-state index in [1.165, 1.54) is 12.1 Å². The van der Waals surface area contributed by atoms with Gasteiger partial charge in [0, 0.05) is 5.54 Å². The monoisotopic (exact) mass is 265 g/mol. The van der Waals surface area contributed by atoms with Crippen LogP contribution < -0.4 is 5.32 Å². The maximum Gasteiger partial charge on any atom is 0.224 e. The zero-order chi connectivity index (χ0) is 14.7. The molecule has 1 rings (SSSR count). The summed E-state index contributed by atoms with van der Waals surface area (Å²) < 4.78 is 13.0. The molecule has 0 aliphatic carbocycles. The normalized spacial score (nSPS) is 12.3. The lowest BCUT2D eigenvalue weighted by Crippen LogP contribution is -2.46. The van der Waals surface area contributed by atoms with Gasteiger partial charge >= 0.3 is 0 Å². The summed E-state index contributed by atoms with van der Waals surface area (Å²) >= 11 is 0. The first-order valence-corrected chi connectivity index (χ1v) is 6.63. The minimum atomic E-state index is -0.306. The second kappa shape index (κ2) is 5.72. The van der Waals surface area contributed by atoms with Crippen LogP contribution in [0.4, 0.5) is 4.39 Å². The topological polar surface area (TPSA) is 29.1 Å². The molecule has 0 heterocycles. The molecule has 0 saturated carbocycles. The van der Waals surface area contributed by atoms with Crippen molar-refractivity contribution in [2.24, 2.45) is 5.41 Å². The van der Waals surface area contributed by atoms with E-state index in [9.17, 15) is 9.18 Å². The third-order valence-corrected chi connectivity index (χ3v) is 2.70. The van der Waals surface area contributed by atoms with Gasteiger partial charge in [0.15, 0.2) is 0 Å². The third-order valence-electron chi connectivity index (χ3n) is 2.70. The molecule has 0 bridgehead atoms. The van der Waals surface area contributed by atoms with Crippen molar-refractivity contribution in [2.45, 2.75) is 53.0 Å². The highest BCUT2D eigenvalue weighted by molar-refractivity contribution is 5.79. The van der Waals surface area contributed by atoms with Gasteiger partial charge in [-0.1, -0.05) is 32.9 Å². The van der Waals surface area contributed by atoms with Crippen molar-refractivity contribution < 1.29 is 9.18 Å². The van der Waals surface area contributed by atoms with Crippen LogP contribution in [0, 0.1) is 11.2 Å². The maximum atomic E-state index is 13.0. The first kappa shape index (κ1) is 15.7. The quantitative estimate of drug-likeness (QED) is 0.883. The second-order valence-electron chi connectivity index (χ2n) is 6.98. The van der Waals surface area contributed by atoms with Crippen LogP contribution in [0.1, 0.15) is 46.6 Å². The Morgan fingerprint density at radius 3 is 2.37 bits per heavy atom. The van der Waals surface area contributed by atoms with Gasteiger partial charge in [0.25, 0.3) is 0 Å². The number of rotatable bonds is 4. The van der Waals surface area contributed by atoms with E-state index in [0.717, 1.165) is 6.42 Å². The van der Waals surface area contributed by atoms with Crippen molar-refractivity contribution in [3.8, 4) is 0 Å². The molecule has 106 valence electrons. The summed E-state index contributed by atoms with van der Waals surface area (Å²) in [6.45, 7) is 10.5. The van der Waals surface area contributed by atoms with Gasteiger partial charge in [-0.3, -0.25) is 4.79 Å². The molecule has 0 unspecified atom stereocenters. The molecule has 19 heavy (non-hydrogen) atoms. The van der Waals surface area contributed by atoms with E-state index in [1.807, 2.05) is 13.8 Å². The molecular formula is C16H24FNO. The molecule has 1 aromatic rings. The second-order valence-corrected chi connectivity index (χ2v) is 6.98. The molecule has 0 fully saturated rings. The smallest absolute Gasteiger partial charge is 0.224 e. The van der Waals surface area contributed by atoms with Crippen LogP contribution >= 0.6 is 0 Å². The minimum absolute atomic E-state index is 0.0696. The molecule has 0 saturated heterocycles. The van der Waals surface area contributed by atoms with Gasteiger partial charge in [-0.2, -0.15) is 0 Å². The van der Waals surface area contributed by atoms with Crippen molar-refractivity contribution in [2.75, 3.05) is 0 Å². The summed E-state index contributed by atoms with van der Waals surface area (Å²) in [7, 11) is 0. The lowest BCUT2D eigenvalue weighted by molar-refractivity contribution is -0.122. The SMILES string of the molecule is CC(C)(C)CC(C)(C)NC(=O)Cc1cccc(F)c1. The Morgan fingerprint density at radius 2 is 1.84 bits per heavy atom. The van der Waals surface area contributed by atoms with Crippen LogP contribution in [-0.2, 0) is 11.2 Å². The van der Waals surface area contributed by atoms with Crippen LogP contribution in [-0.4, -0.2) is 11.4 Å². The van der Waals surface area contributed by atoms with Gasteiger partial charge in [-0.05, 0) is 43.4 Å². The molecule has 1 amide bonds. The molecule has 0 aromatic heterocycles. The summed E-state index contributed by atoms with van der Waals surface area (Å²) in [5.74, 6) is -0.376. The highest BCUT2D eigenvalue weighted by Crippen LogP contribution is 2.26. The lowest BCUT2D eigenvalue weighted by Gasteiger charge is -2.33. The Morgan fingerprint density at radius 1 is 1.21 bits per heavy atom. The Labute approximate surface area is 115 Å². The number of benzene rings is 1. The zero-order valence-corrected chi connectivity index (χ0v) is 12.5. The lowest BCUT2D eigenvalue weighted by atomic mass is 9.81. The zero-order valence-electron chi connectivity index (χ0n) is 12.5. The summed E-state index contributed by atoms with van der Waals surface area (Å²) in [6, 6.07) is 6.17. The van der Waals surface area contributed by atoms with Crippen molar-refractivity contribution >= 4 is 5.91 Å². The number of hydrogen-bond acceptors (Lipinski definition) is 1. The Kier molecular flexibility index (Phi) is 4.72. The number of carbonyl (C=O) groups excluding carboxylic acids is 1. The van der Waals surface area contributed by atoms with E-state index in [4.69, 9.17) is 0 Å². The third kappa shape index (κ3) is 6.37. The Bertz CT molecular complexity index is 446. The summed E-state index contributed by atoms with van der Waals surface area (Å²) in [5.41, 5.74) is 0.585. The fourth-order valence-electron chi connectivity index (χ4n) is 2.62. The largest absolute Gasteiger partial charge is 0.351 e. The number of amides is 1. The average Bonchev–Trinajstić information content (AvgIpc) is 2.11. The molecule has 0 aliphatic heterocycles. The predicted molar refractivity (Wildman–Crippen MR) is 76.4 cm³/mol. The van der Waals surface area contributed by atoms with Crippen LogP contribution in [0.5, 0.6) is 0 Å². The van der Waals surface area contributed by atoms with Gasteiger partial charge in [0.05, 0.1) is 6.42 Å². The van der Waals surface area contributed by atoms with E-state index in [1.54, 1.807) is 12.1 Å². The molecule has 0 radical (unpaired) electrons. The van der Waals surface area contributed by atoms with Crippen molar-refractivity contribution in [1.82, 2.24) is 5.32 Å². The van der Waals surface area contributed by atoms with Gasteiger partial charge in [-0.15, -0.1) is 0 Å². The van der Waals surface area contributed by atoms with E-state index in [-0.39, 0.29) is 29.1 Å². The molecule has 0 atom stereocenters. The highest BCUT2D eigenvalue weighted by Gasteiger charge is 2.26. The molecule has 0 aliphatic rings. The van der Waals surface area contributed by atoms with Gasteiger partial charge in [0.1, 0.15) is 5.82 Å². The summed E-state index contributed by atoms with van der Waals surface area (Å²) in [4.78, 5) is 12.0. The summed E-state index contributed by atoms with van der Waals surface area (Å²) in [5, 5.41) is 3.02. The van der Waals surface area contributed by atoms with Crippen molar-refractivity contribution in [3.63, 3.8) is 0 Å². The maximum absolute atomic E-state index is 13.0. The average molecular weight is 265 g/mol. The Balaban J connectivity index is 2.60. The Hall–Kier alpha value is -1.38. The number of halogens is 1. The van der Waals surface area contributed by atoms with Crippen molar-refractivity contribution in [1.29, 1.82) is 0 Å². The van der Waals surface area contributed by atoms with Gasteiger partial charge in [0.2, 0.25) is 5.91 Å². The molecule has 2 nitrogen and oxygen atoms in total. The van der Waals surface area contributed by atoms with Gasteiger partial charge in [-0.25, -0.2) is 4.39 Å². The van der Waals surface area contributed by atoms with E-state index in [2.05, 4.69) is 26.1 Å². The number of hydrogen-bond donors (Lipinski definition) is 1. The van der Waals surface area contributed by atoms with Crippen LogP contribution in [0.2, 0.25) is 0 Å². The highest BCUT2D eigenvalue weighted by atomic mass is 19.1. The van der Waals surface area contributed by atoms with E-state index >= 15 is 0 Å².